The molecule has 0 atom stereocenters. The van der Waals surface area contributed by atoms with Gasteiger partial charge in [-0.2, -0.15) is 0 Å². The number of hydrogen-bond donors (Lipinski definition) is 1. The quantitative estimate of drug-likeness (QED) is 0.689. The van der Waals surface area contributed by atoms with Crippen LogP contribution in [0.1, 0.15) is 10.4 Å². The highest BCUT2D eigenvalue weighted by atomic mass is 16.5. The minimum absolute atomic E-state index is 0.190. The van der Waals surface area contributed by atoms with Crippen LogP contribution < -0.4 is 15.5 Å². The maximum atomic E-state index is 11.9. The second-order valence-electron chi connectivity index (χ2n) is 3.81. The number of hydrogen-bond acceptors (Lipinski definition) is 2. The molecule has 1 N–H and O–H groups in total. The molecule has 0 spiro atoms. The molecule has 1 aliphatic heterocycles. The molecule has 2 aromatic rings. The number of para-hydroxylation sites is 1. The van der Waals surface area contributed by atoms with Crippen LogP contribution in [0.3, 0.4) is 0 Å². The molecule has 0 aromatic heterocycles. The Balaban J connectivity index is 2.17. The van der Waals surface area contributed by atoms with Gasteiger partial charge in [-0.3, -0.25) is 4.79 Å². The van der Waals surface area contributed by atoms with E-state index in [1.54, 1.807) is 36.4 Å². The lowest BCUT2D eigenvalue weighted by molar-refractivity contribution is 0.102. The van der Waals surface area contributed by atoms with E-state index in [2.05, 4.69) is 5.32 Å². The summed E-state index contributed by atoms with van der Waals surface area (Å²) in [5.41, 5.74) is 1.69. The Morgan fingerprint density at radius 3 is 2.76 bits per heavy atom. The van der Waals surface area contributed by atoms with Gasteiger partial charge < -0.3 is 10.1 Å². The average Bonchev–Trinajstić information content (AvgIpc) is 2.46. The highest BCUT2D eigenvalue weighted by molar-refractivity contribution is 6.32. The lowest BCUT2D eigenvalue weighted by Gasteiger charge is -2.07. The number of fused-ring (bicyclic) bond motifs is 2. The number of amides is 1. The van der Waals surface area contributed by atoms with E-state index in [0.717, 1.165) is 0 Å². The van der Waals surface area contributed by atoms with E-state index < -0.39 is 0 Å². The number of nitrogens with one attached hydrogen (secondary N) is 1. The van der Waals surface area contributed by atoms with Crippen molar-refractivity contribution < 1.29 is 9.53 Å². The molecule has 0 saturated heterocycles. The van der Waals surface area contributed by atoms with Crippen LogP contribution in [0.4, 0.5) is 5.69 Å². The summed E-state index contributed by atoms with van der Waals surface area (Å²) in [6.07, 6.45) is 0. The van der Waals surface area contributed by atoms with Gasteiger partial charge in [0.15, 0.2) is 5.75 Å². The second-order valence-corrected chi connectivity index (χ2v) is 3.81. The van der Waals surface area contributed by atoms with Gasteiger partial charge in [-0.1, -0.05) is 23.7 Å². The molecule has 3 nitrogen and oxygen atoms in total. The zero-order valence-corrected chi connectivity index (χ0v) is 8.94. The summed E-state index contributed by atoms with van der Waals surface area (Å²) < 4.78 is 5.69. The van der Waals surface area contributed by atoms with Gasteiger partial charge in [0.25, 0.3) is 5.91 Å². The maximum absolute atomic E-state index is 11.9. The van der Waals surface area contributed by atoms with Crippen LogP contribution in [-0.4, -0.2) is 13.8 Å². The molecule has 2 radical (unpaired) electrons. The molecule has 0 unspecified atom stereocenters. The summed E-state index contributed by atoms with van der Waals surface area (Å²) in [6.45, 7) is 0. The van der Waals surface area contributed by atoms with Crippen LogP contribution in [0.2, 0.25) is 0 Å². The number of benzene rings is 2. The number of carbonyl (C=O) groups is 1. The van der Waals surface area contributed by atoms with E-state index >= 15 is 0 Å². The number of anilines is 1. The highest BCUT2D eigenvalue weighted by Crippen LogP contribution is 2.34. The molecule has 1 aliphatic rings. The van der Waals surface area contributed by atoms with Crippen LogP contribution >= 0.6 is 0 Å². The first-order valence-electron chi connectivity index (χ1n) is 5.22. The first kappa shape index (κ1) is 9.96. The van der Waals surface area contributed by atoms with E-state index in [-0.39, 0.29) is 5.91 Å². The van der Waals surface area contributed by atoms with Gasteiger partial charge >= 0.3 is 0 Å². The minimum atomic E-state index is -0.190. The minimum Gasteiger partial charge on any atom is -0.454 e. The number of rotatable bonds is 0. The molecule has 3 rings (SSSR count). The monoisotopic (exact) mass is 221 g/mol. The van der Waals surface area contributed by atoms with Gasteiger partial charge in [-0.15, -0.1) is 0 Å². The lowest BCUT2D eigenvalue weighted by Crippen LogP contribution is -2.12. The average molecular weight is 221 g/mol. The van der Waals surface area contributed by atoms with Gasteiger partial charge in [-0.05, 0) is 24.3 Å². The Hall–Kier alpha value is -2.23. The molecule has 0 saturated carbocycles. The van der Waals surface area contributed by atoms with Crippen molar-refractivity contribution in [3.05, 3.63) is 48.0 Å². The van der Waals surface area contributed by atoms with E-state index in [0.29, 0.717) is 28.2 Å². The second kappa shape index (κ2) is 3.66. The van der Waals surface area contributed by atoms with Gasteiger partial charge in [0.1, 0.15) is 13.6 Å². The van der Waals surface area contributed by atoms with Crippen LogP contribution in [-0.2, 0) is 0 Å². The van der Waals surface area contributed by atoms with Crippen molar-refractivity contribution in [1.82, 2.24) is 0 Å². The fourth-order valence-corrected chi connectivity index (χ4v) is 1.79. The van der Waals surface area contributed by atoms with Crippen LogP contribution in [0.25, 0.3) is 0 Å². The van der Waals surface area contributed by atoms with Crippen molar-refractivity contribution in [2.75, 3.05) is 5.32 Å². The van der Waals surface area contributed by atoms with Crippen molar-refractivity contribution >= 4 is 24.9 Å². The standard InChI is InChI=1S/C13H8BNO2/c14-8-5-6-12-10(7-8)15-13(16)9-3-1-2-4-11(9)17-12/h1-7H,(H,15,16). The lowest BCUT2D eigenvalue weighted by atomic mass is 9.95. The molecular formula is C13H8BNO2. The van der Waals surface area contributed by atoms with E-state index in [4.69, 9.17) is 12.6 Å². The molecule has 4 heteroatoms. The Kier molecular flexibility index (Phi) is 2.15. The van der Waals surface area contributed by atoms with Gasteiger partial charge in [0.05, 0.1) is 11.3 Å². The Morgan fingerprint density at radius 1 is 1.06 bits per heavy atom. The third-order valence-electron chi connectivity index (χ3n) is 2.60. The highest BCUT2D eigenvalue weighted by Gasteiger charge is 2.19. The smallest absolute Gasteiger partial charge is 0.259 e. The van der Waals surface area contributed by atoms with Gasteiger partial charge in [0, 0.05) is 0 Å². The molecule has 0 bridgehead atoms. The normalized spacial score (nSPS) is 12.8. The van der Waals surface area contributed by atoms with Crippen LogP contribution in [0.15, 0.2) is 42.5 Å². The van der Waals surface area contributed by atoms with Crippen molar-refractivity contribution in [3.63, 3.8) is 0 Å². The summed E-state index contributed by atoms with van der Waals surface area (Å²) in [6, 6.07) is 12.3. The van der Waals surface area contributed by atoms with Crippen molar-refractivity contribution in [2.24, 2.45) is 0 Å². The summed E-state index contributed by atoms with van der Waals surface area (Å²) >= 11 is 0. The van der Waals surface area contributed by atoms with Crippen molar-refractivity contribution in [2.45, 2.75) is 0 Å². The van der Waals surface area contributed by atoms with Crippen LogP contribution in [0, 0.1) is 0 Å². The Morgan fingerprint density at radius 2 is 1.88 bits per heavy atom. The SMILES string of the molecule is [B]c1ccc2c(c1)NC(=O)c1ccccc1O2. The summed E-state index contributed by atoms with van der Waals surface area (Å²) in [5, 5.41) is 2.78. The van der Waals surface area contributed by atoms with E-state index in [9.17, 15) is 4.79 Å². The molecule has 17 heavy (non-hydrogen) atoms. The zero-order chi connectivity index (χ0) is 11.8. The van der Waals surface area contributed by atoms with Crippen LogP contribution in [0.5, 0.6) is 11.5 Å². The predicted molar refractivity (Wildman–Crippen MR) is 66.3 cm³/mol. The molecule has 2 aromatic carbocycles. The van der Waals surface area contributed by atoms with Crippen molar-refractivity contribution in [1.29, 1.82) is 0 Å². The van der Waals surface area contributed by atoms with E-state index in [1.807, 2.05) is 6.07 Å². The number of carbonyl (C=O) groups excluding carboxylic acids is 1. The Labute approximate surface area is 99.8 Å². The third-order valence-corrected chi connectivity index (χ3v) is 2.60. The Bertz CT molecular complexity index is 610. The van der Waals surface area contributed by atoms with Crippen molar-refractivity contribution in [3.8, 4) is 11.5 Å². The fraction of sp³-hybridized carbons (Fsp3) is 0. The molecule has 1 amide bonds. The molecular weight excluding hydrogens is 213 g/mol. The van der Waals surface area contributed by atoms with Gasteiger partial charge in [-0.25, -0.2) is 0 Å². The predicted octanol–water partition coefficient (Wildman–Crippen LogP) is 1.84. The summed E-state index contributed by atoms with van der Waals surface area (Å²) in [7, 11) is 5.68. The number of ether oxygens (including phenoxy) is 1. The molecule has 1 heterocycles. The first-order valence-corrected chi connectivity index (χ1v) is 5.22. The maximum Gasteiger partial charge on any atom is 0.259 e. The molecule has 80 valence electrons. The largest absolute Gasteiger partial charge is 0.454 e. The zero-order valence-electron chi connectivity index (χ0n) is 8.94. The van der Waals surface area contributed by atoms with Gasteiger partial charge in [0.2, 0.25) is 0 Å². The topological polar surface area (TPSA) is 38.3 Å². The third kappa shape index (κ3) is 1.67. The molecule has 0 fully saturated rings. The summed E-state index contributed by atoms with van der Waals surface area (Å²) in [4.78, 5) is 11.9. The fourth-order valence-electron chi connectivity index (χ4n) is 1.79. The first-order chi connectivity index (χ1) is 8.24. The molecule has 0 aliphatic carbocycles. The summed E-state index contributed by atoms with van der Waals surface area (Å²) in [5.74, 6) is 0.955. The van der Waals surface area contributed by atoms with E-state index in [1.165, 1.54) is 0 Å².